The number of amides is 2. The maximum absolute atomic E-state index is 13.1. The van der Waals surface area contributed by atoms with E-state index >= 15 is 0 Å². The van der Waals surface area contributed by atoms with Crippen LogP contribution in [-0.4, -0.2) is 40.1 Å². The summed E-state index contributed by atoms with van der Waals surface area (Å²) in [4.78, 5) is 28.7. The highest BCUT2D eigenvalue weighted by atomic mass is 19.4. The van der Waals surface area contributed by atoms with Crippen molar-refractivity contribution in [3.63, 3.8) is 0 Å². The third-order valence-corrected chi connectivity index (χ3v) is 5.44. The van der Waals surface area contributed by atoms with Crippen LogP contribution in [0.2, 0.25) is 0 Å². The van der Waals surface area contributed by atoms with Gasteiger partial charge in [-0.25, -0.2) is 24.1 Å². The predicted octanol–water partition coefficient (Wildman–Crippen LogP) is 4.33. The Morgan fingerprint density at radius 1 is 1.06 bits per heavy atom. The lowest BCUT2D eigenvalue weighted by Gasteiger charge is -2.35. The first-order chi connectivity index (χ1) is 15.3. The van der Waals surface area contributed by atoms with Gasteiger partial charge in [0.2, 0.25) is 0 Å². The summed E-state index contributed by atoms with van der Waals surface area (Å²) in [6.45, 7) is 1.33. The van der Waals surface area contributed by atoms with Crippen molar-refractivity contribution in [3.8, 4) is 11.4 Å². The highest BCUT2D eigenvalue weighted by Crippen LogP contribution is 2.40. The number of aromatic nitrogens is 3. The van der Waals surface area contributed by atoms with Gasteiger partial charge in [0, 0.05) is 13.1 Å². The number of carbonyl (C=O) groups excluding carboxylic acids is 1. The summed E-state index contributed by atoms with van der Waals surface area (Å²) in [6, 6.07) is 8.78. The molecule has 2 aliphatic heterocycles. The van der Waals surface area contributed by atoms with Gasteiger partial charge in [0.05, 0.1) is 29.3 Å². The number of rotatable bonds is 2. The Labute approximate surface area is 179 Å². The summed E-state index contributed by atoms with van der Waals surface area (Å²) in [5.41, 5.74) is -0.0434. The molecule has 0 spiro atoms. The summed E-state index contributed by atoms with van der Waals surface area (Å²) in [5, 5.41) is 2.64. The van der Waals surface area contributed by atoms with E-state index < -0.39 is 23.7 Å². The molecule has 3 aromatic heterocycles. The van der Waals surface area contributed by atoms with Crippen LogP contribution in [0.4, 0.5) is 39.7 Å². The van der Waals surface area contributed by atoms with Gasteiger partial charge in [0.1, 0.15) is 17.3 Å². The van der Waals surface area contributed by atoms with Gasteiger partial charge >= 0.3 is 12.2 Å². The number of urea groups is 1. The van der Waals surface area contributed by atoms with E-state index in [1.807, 2.05) is 0 Å². The quantitative estimate of drug-likeness (QED) is 0.596. The Morgan fingerprint density at radius 2 is 1.88 bits per heavy atom. The molecule has 3 aromatic rings. The number of anilines is 3. The standard InChI is InChI=1S/C21H16F4N6O/c22-12-4-7-18(26-10-12)29-20(32)31-13-8-9-30(11-13)16-6-5-15(28-19(16)31)14-2-1-3-17(27-14)21(23,24)25/h1-7,10,13H,8-9,11H2,(H,26,29,32)/t13-/m0/s1. The number of halogens is 4. The molecule has 1 atom stereocenters. The number of fused-ring (bicyclic) bond motifs is 4. The van der Waals surface area contributed by atoms with Gasteiger partial charge in [0.25, 0.3) is 0 Å². The number of pyridine rings is 3. The molecule has 0 radical (unpaired) electrons. The van der Waals surface area contributed by atoms with Crippen molar-refractivity contribution >= 4 is 23.4 Å². The zero-order chi connectivity index (χ0) is 22.5. The molecule has 5 rings (SSSR count). The highest BCUT2D eigenvalue weighted by Gasteiger charge is 2.40. The van der Waals surface area contributed by atoms with Gasteiger partial charge in [-0.05, 0) is 42.8 Å². The Hall–Kier alpha value is -3.76. The third kappa shape index (κ3) is 3.59. The number of alkyl halides is 3. The summed E-state index contributed by atoms with van der Waals surface area (Å²) >= 11 is 0. The molecular formula is C21H16F4N6O. The van der Waals surface area contributed by atoms with Gasteiger partial charge in [-0.15, -0.1) is 0 Å². The smallest absolute Gasteiger partial charge is 0.366 e. The Kier molecular flexibility index (Phi) is 4.68. The second kappa shape index (κ2) is 7.43. The van der Waals surface area contributed by atoms with Crippen LogP contribution in [0.3, 0.4) is 0 Å². The molecule has 0 unspecified atom stereocenters. The second-order valence-corrected chi connectivity index (χ2v) is 7.50. The molecule has 1 saturated heterocycles. The van der Waals surface area contributed by atoms with E-state index in [0.717, 1.165) is 18.8 Å². The number of hydrogen-bond donors (Lipinski definition) is 1. The molecule has 1 fully saturated rings. The summed E-state index contributed by atoms with van der Waals surface area (Å²) in [6.07, 6.45) is -2.88. The average Bonchev–Trinajstić information content (AvgIpc) is 3.19. The molecule has 2 bridgehead atoms. The molecule has 32 heavy (non-hydrogen) atoms. The highest BCUT2D eigenvalue weighted by molar-refractivity contribution is 6.04. The molecule has 164 valence electrons. The van der Waals surface area contributed by atoms with Crippen molar-refractivity contribution in [2.75, 3.05) is 28.2 Å². The fraction of sp³-hybridized carbons (Fsp3) is 0.238. The van der Waals surface area contributed by atoms with Crippen LogP contribution in [0.1, 0.15) is 12.1 Å². The van der Waals surface area contributed by atoms with Crippen LogP contribution in [0, 0.1) is 5.82 Å². The number of carbonyl (C=O) groups is 1. The van der Waals surface area contributed by atoms with E-state index in [4.69, 9.17) is 0 Å². The number of hydrogen-bond acceptors (Lipinski definition) is 5. The first-order valence-corrected chi connectivity index (χ1v) is 9.82. The first-order valence-electron chi connectivity index (χ1n) is 9.82. The van der Waals surface area contributed by atoms with E-state index in [1.54, 1.807) is 12.1 Å². The minimum Gasteiger partial charge on any atom is -0.366 e. The molecule has 1 N–H and O–H groups in total. The van der Waals surface area contributed by atoms with Crippen LogP contribution < -0.4 is 15.1 Å². The molecule has 2 amide bonds. The van der Waals surface area contributed by atoms with Crippen LogP contribution in [0.25, 0.3) is 11.4 Å². The predicted molar refractivity (Wildman–Crippen MR) is 109 cm³/mol. The van der Waals surface area contributed by atoms with Crippen LogP contribution in [0.5, 0.6) is 0 Å². The Balaban J connectivity index is 1.52. The Morgan fingerprint density at radius 3 is 2.62 bits per heavy atom. The van der Waals surface area contributed by atoms with Gasteiger partial charge in [-0.2, -0.15) is 13.2 Å². The monoisotopic (exact) mass is 444 g/mol. The molecule has 0 aromatic carbocycles. The fourth-order valence-electron chi connectivity index (χ4n) is 3.97. The van der Waals surface area contributed by atoms with E-state index in [2.05, 4.69) is 25.2 Å². The normalized spacial score (nSPS) is 17.3. The minimum absolute atomic E-state index is 0.0519. The lowest BCUT2D eigenvalue weighted by molar-refractivity contribution is -0.141. The molecule has 2 aliphatic rings. The molecule has 11 heteroatoms. The van der Waals surface area contributed by atoms with E-state index in [-0.39, 0.29) is 23.2 Å². The maximum atomic E-state index is 13.1. The van der Waals surface area contributed by atoms with E-state index in [0.29, 0.717) is 24.5 Å². The zero-order valence-corrected chi connectivity index (χ0v) is 16.5. The van der Waals surface area contributed by atoms with Crippen LogP contribution >= 0.6 is 0 Å². The van der Waals surface area contributed by atoms with Crippen molar-refractivity contribution in [3.05, 3.63) is 60.2 Å². The summed E-state index contributed by atoms with van der Waals surface area (Å²) < 4.78 is 52.4. The lowest BCUT2D eigenvalue weighted by atomic mass is 10.1. The molecule has 0 saturated carbocycles. The first kappa shape index (κ1) is 20.2. The fourth-order valence-corrected chi connectivity index (χ4v) is 3.97. The largest absolute Gasteiger partial charge is 0.433 e. The van der Waals surface area contributed by atoms with Crippen molar-refractivity contribution in [2.45, 2.75) is 18.6 Å². The minimum atomic E-state index is -4.58. The molecule has 0 aliphatic carbocycles. The molecular weight excluding hydrogens is 428 g/mol. The maximum Gasteiger partial charge on any atom is 0.433 e. The Bertz CT molecular complexity index is 1180. The van der Waals surface area contributed by atoms with Crippen molar-refractivity contribution in [1.82, 2.24) is 15.0 Å². The van der Waals surface area contributed by atoms with Gasteiger partial charge in [-0.1, -0.05) is 6.07 Å². The SMILES string of the molecule is O=C(Nc1ccc(F)cn1)N1c2nc(-c3cccc(C(F)(F)F)n3)ccc2N2CC[C@H]1C2. The van der Waals surface area contributed by atoms with Crippen LogP contribution in [-0.2, 0) is 6.18 Å². The lowest BCUT2D eigenvalue weighted by Crippen LogP contribution is -2.48. The van der Waals surface area contributed by atoms with Crippen molar-refractivity contribution in [1.29, 1.82) is 0 Å². The van der Waals surface area contributed by atoms with E-state index in [1.165, 1.54) is 29.2 Å². The molecule has 5 heterocycles. The second-order valence-electron chi connectivity index (χ2n) is 7.50. The topological polar surface area (TPSA) is 74.2 Å². The summed E-state index contributed by atoms with van der Waals surface area (Å²) in [5.74, 6) is -0.0261. The van der Waals surface area contributed by atoms with E-state index in [9.17, 15) is 22.4 Å². The molecule has 7 nitrogen and oxygen atoms in total. The van der Waals surface area contributed by atoms with Crippen molar-refractivity contribution < 1.29 is 22.4 Å². The van der Waals surface area contributed by atoms with Gasteiger partial charge in [0.15, 0.2) is 5.82 Å². The third-order valence-electron chi connectivity index (χ3n) is 5.44. The van der Waals surface area contributed by atoms with Gasteiger partial charge < -0.3 is 4.90 Å². The number of nitrogens with one attached hydrogen (secondary N) is 1. The van der Waals surface area contributed by atoms with Gasteiger partial charge in [-0.3, -0.25) is 10.2 Å². The summed E-state index contributed by atoms with van der Waals surface area (Å²) in [7, 11) is 0. The average molecular weight is 444 g/mol. The van der Waals surface area contributed by atoms with Crippen molar-refractivity contribution in [2.24, 2.45) is 0 Å². The zero-order valence-electron chi connectivity index (χ0n) is 16.5. The number of nitrogens with zero attached hydrogens (tertiary/aromatic N) is 5. The van der Waals surface area contributed by atoms with Crippen LogP contribution in [0.15, 0.2) is 48.7 Å².